The second kappa shape index (κ2) is 6.74. The van der Waals surface area contributed by atoms with Crippen LogP contribution in [0.1, 0.15) is 18.5 Å². The molecule has 0 aromatic carbocycles. The number of carbonyl (C=O) groups excluding carboxylic acids is 1. The van der Waals surface area contributed by atoms with Gasteiger partial charge in [0.1, 0.15) is 11.6 Å². The van der Waals surface area contributed by atoms with Crippen LogP contribution in [0.5, 0.6) is 0 Å². The normalized spacial score (nSPS) is 15.7. The third kappa shape index (κ3) is 3.36. The SMILES string of the molecule is CCc1nsc(N2CCN(C(=O)/C=C/c3ccco3)CC2)n1. The van der Waals surface area contributed by atoms with E-state index in [-0.39, 0.29) is 5.91 Å². The van der Waals surface area contributed by atoms with E-state index in [1.807, 2.05) is 17.9 Å². The fourth-order valence-corrected chi connectivity index (χ4v) is 3.08. The van der Waals surface area contributed by atoms with Gasteiger partial charge in [-0.05, 0) is 18.2 Å². The molecule has 1 amide bonds. The van der Waals surface area contributed by atoms with E-state index in [0.29, 0.717) is 18.8 Å². The standard InChI is InChI=1S/C15H18N4O2S/c1-2-13-16-15(22-17-13)19-9-7-18(8-10-19)14(20)6-5-12-4-3-11-21-12/h3-6,11H,2,7-10H2,1H3/b6-5+. The Balaban J connectivity index is 1.53. The molecule has 0 atom stereocenters. The largest absolute Gasteiger partial charge is 0.465 e. The van der Waals surface area contributed by atoms with E-state index < -0.39 is 0 Å². The lowest BCUT2D eigenvalue weighted by Gasteiger charge is -2.33. The molecule has 7 heteroatoms. The Hall–Kier alpha value is -2.15. The van der Waals surface area contributed by atoms with E-state index in [0.717, 1.165) is 30.5 Å². The lowest BCUT2D eigenvalue weighted by molar-refractivity contribution is -0.126. The van der Waals surface area contributed by atoms with E-state index in [9.17, 15) is 4.79 Å². The topological polar surface area (TPSA) is 62.5 Å². The average molecular weight is 318 g/mol. The summed E-state index contributed by atoms with van der Waals surface area (Å²) in [6, 6.07) is 3.62. The van der Waals surface area contributed by atoms with Crippen LogP contribution in [0.15, 0.2) is 28.9 Å². The first kappa shape index (κ1) is 14.8. The molecular weight excluding hydrogens is 300 g/mol. The van der Waals surface area contributed by atoms with Crippen molar-refractivity contribution in [2.24, 2.45) is 0 Å². The van der Waals surface area contributed by atoms with Crippen LogP contribution in [-0.2, 0) is 11.2 Å². The molecule has 0 radical (unpaired) electrons. The fraction of sp³-hybridized carbons (Fsp3) is 0.400. The summed E-state index contributed by atoms with van der Waals surface area (Å²) in [6.07, 6.45) is 5.71. The molecular formula is C15H18N4O2S. The van der Waals surface area contributed by atoms with Gasteiger partial charge in [-0.2, -0.15) is 4.37 Å². The van der Waals surface area contributed by atoms with E-state index in [1.165, 1.54) is 11.5 Å². The molecule has 1 aliphatic rings. The van der Waals surface area contributed by atoms with Crippen LogP contribution < -0.4 is 4.90 Å². The van der Waals surface area contributed by atoms with E-state index in [1.54, 1.807) is 24.5 Å². The maximum atomic E-state index is 12.1. The zero-order valence-corrected chi connectivity index (χ0v) is 13.3. The van der Waals surface area contributed by atoms with Crippen LogP contribution in [0, 0.1) is 0 Å². The Morgan fingerprint density at radius 3 is 2.86 bits per heavy atom. The van der Waals surface area contributed by atoms with Crippen molar-refractivity contribution in [3.05, 3.63) is 36.1 Å². The number of amides is 1. The summed E-state index contributed by atoms with van der Waals surface area (Å²) in [5, 5.41) is 0.954. The first-order valence-corrected chi connectivity index (χ1v) is 8.11. The summed E-state index contributed by atoms with van der Waals surface area (Å²) >= 11 is 1.43. The summed E-state index contributed by atoms with van der Waals surface area (Å²) in [5.41, 5.74) is 0. The Kier molecular flexibility index (Phi) is 4.53. The fourth-order valence-electron chi connectivity index (χ4n) is 2.28. The van der Waals surface area contributed by atoms with Crippen molar-refractivity contribution in [3.8, 4) is 0 Å². The van der Waals surface area contributed by atoms with Gasteiger partial charge in [0.05, 0.1) is 6.26 Å². The zero-order valence-electron chi connectivity index (χ0n) is 12.4. The molecule has 1 fully saturated rings. The van der Waals surface area contributed by atoms with Gasteiger partial charge in [-0.25, -0.2) is 4.98 Å². The van der Waals surface area contributed by atoms with Crippen LogP contribution in [0.25, 0.3) is 6.08 Å². The molecule has 6 nitrogen and oxygen atoms in total. The minimum absolute atomic E-state index is 0.0163. The number of aryl methyl sites for hydroxylation is 1. The number of furan rings is 1. The Morgan fingerprint density at radius 2 is 2.23 bits per heavy atom. The molecule has 0 spiro atoms. The van der Waals surface area contributed by atoms with Crippen molar-refractivity contribution in [2.75, 3.05) is 31.1 Å². The Morgan fingerprint density at radius 1 is 1.41 bits per heavy atom. The number of anilines is 1. The predicted molar refractivity (Wildman–Crippen MR) is 85.8 cm³/mol. The van der Waals surface area contributed by atoms with Crippen molar-refractivity contribution in [3.63, 3.8) is 0 Å². The molecule has 1 aliphatic heterocycles. The quantitative estimate of drug-likeness (QED) is 0.808. The number of piperazine rings is 1. The summed E-state index contributed by atoms with van der Waals surface area (Å²) in [6.45, 7) is 5.02. The molecule has 3 heterocycles. The summed E-state index contributed by atoms with van der Waals surface area (Å²) < 4.78 is 9.49. The zero-order chi connectivity index (χ0) is 15.4. The summed E-state index contributed by atoms with van der Waals surface area (Å²) in [7, 11) is 0. The molecule has 2 aromatic rings. The number of rotatable bonds is 4. The maximum Gasteiger partial charge on any atom is 0.246 e. The van der Waals surface area contributed by atoms with E-state index in [4.69, 9.17) is 4.42 Å². The number of hydrogen-bond donors (Lipinski definition) is 0. The second-order valence-electron chi connectivity index (χ2n) is 5.01. The van der Waals surface area contributed by atoms with Crippen molar-refractivity contribution >= 4 is 28.6 Å². The first-order valence-electron chi connectivity index (χ1n) is 7.34. The molecule has 3 rings (SSSR count). The Labute approximate surface area is 133 Å². The minimum Gasteiger partial charge on any atom is -0.465 e. The molecule has 0 N–H and O–H groups in total. The average Bonchev–Trinajstić information content (AvgIpc) is 3.24. The number of hydrogen-bond acceptors (Lipinski definition) is 6. The van der Waals surface area contributed by atoms with E-state index >= 15 is 0 Å². The molecule has 0 saturated carbocycles. The van der Waals surface area contributed by atoms with Gasteiger partial charge >= 0.3 is 0 Å². The summed E-state index contributed by atoms with van der Waals surface area (Å²) in [5.74, 6) is 1.59. The van der Waals surface area contributed by atoms with Gasteiger partial charge in [0.2, 0.25) is 11.0 Å². The second-order valence-corrected chi connectivity index (χ2v) is 5.74. The van der Waals surface area contributed by atoms with Gasteiger partial charge in [0.25, 0.3) is 0 Å². The van der Waals surface area contributed by atoms with Gasteiger partial charge in [-0.3, -0.25) is 4.79 Å². The minimum atomic E-state index is 0.0163. The highest BCUT2D eigenvalue weighted by Gasteiger charge is 2.21. The van der Waals surface area contributed by atoms with Crippen molar-refractivity contribution in [2.45, 2.75) is 13.3 Å². The van der Waals surface area contributed by atoms with Crippen LogP contribution in [0.4, 0.5) is 5.13 Å². The number of nitrogens with zero attached hydrogens (tertiary/aromatic N) is 4. The van der Waals surface area contributed by atoms with Gasteiger partial charge in [0.15, 0.2) is 0 Å². The van der Waals surface area contributed by atoms with Crippen LogP contribution in [-0.4, -0.2) is 46.3 Å². The van der Waals surface area contributed by atoms with Gasteiger partial charge in [-0.15, -0.1) is 0 Å². The highest BCUT2D eigenvalue weighted by molar-refractivity contribution is 7.09. The monoisotopic (exact) mass is 318 g/mol. The third-order valence-electron chi connectivity index (χ3n) is 3.57. The number of aromatic nitrogens is 2. The lowest BCUT2D eigenvalue weighted by atomic mass is 10.3. The molecule has 0 unspecified atom stereocenters. The summed E-state index contributed by atoms with van der Waals surface area (Å²) in [4.78, 5) is 20.7. The molecule has 0 bridgehead atoms. The van der Waals surface area contributed by atoms with Gasteiger partial charge in [-0.1, -0.05) is 6.92 Å². The highest BCUT2D eigenvalue weighted by Crippen LogP contribution is 2.19. The highest BCUT2D eigenvalue weighted by atomic mass is 32.1. The third-order valence-corrected chi connectivity index (χ3v) is 4.38. The molecule has 116 valence electrons. The smallest absolute Gasteiger partial charge is 0.246 e. The maximum absolute atomic E-state index is 12.1. The Bertz CT molecular complexity index is 642. The van der Waals surface area contributed by atoms with Gasteiger partial charge < -0.3 is 14.2 Å². The number of carbonyl (C=O) groups is 1. The van der Waals surface area contributed by atoms with Crippen molar-refractivity contribution in [1.29, 1.82) is 0 Å². The molecule has 22 heavy (non-hydrogen) atoms. The molecule has 0 aliphatic carbocycles. The lowest BCUT2D eigenvalue weighted by Crippen LogP contribution is -2.48. The van der Waals surface area contributed by atoms with Crippen LogP contribution in [0.3, 0.4) is 0 Å². The van der Waals surface area contributed by atoms with Gasteiger partial charge in [0, 0.05) is 50.2 Å². The van der Waals surface area contributed by atoms with Crippen molar-refractivity contribution in [1.82, 2.24) is 14.3 Å². The molecule has 1 saturated heterocycles. The van der Waals surface area contributed by atoms with Crippen molar-refractivity contribution < 1.29 is 9.21 Å². The first-order chi connectivity index (χ1) is 10.8. The molecule has 2 aromatic heterocycles. The van der Waals surface area contributed by atoms with E-state index in [2.05, 4.69) is 14.3 Å². The van der Waals surface area contributed by atoms with Crippen LogP contribution in [0.2, 0.25) is 0 Å². The predicted octanol–water partition coefficient (Wildman–Crippen LogP) is 2.06. The van der Waals surface area contributed by atoms with Crippen LogP contribution >= 0.6 is 11.5 Å².